The fourth-order valence-corrected chi connectivity index (χ4v) is 0.952. The molecule has 0 bridgehead atoms. The van der Waals surface area contributed by atoms with Gasteiger partial charge in [-0.15, -0.1) is 0 Å². The summed E-state index contributed by atoms with van der Waals surface area (Å²) >= 11 is 0. The molecule has 0 amide bonds. The van der Waals surface area contributed by atoms with Crippen LogP contribution in [0.4, 0.5) is 5.69 Å². The van der Waals surface area contributed by atoms with E-state index in [1.165, 1.54) is 12.1 Å². The molecule has 0 spiro atoms. The van der Waals surface area contributed by atoms with Gasteiger partial charge in [0.15, 0.2) is 12.6 Å². The van der Waals surface area contributed by atoms with Gasteiger partial charge in [0.1, 0.15) is 6.07 Å². The van der Waals surface area contributed by atoms with Crippen LogP contribution in [0, 0.1) is 11.3 Å². The topological polar surface area (TPSA) is 84.0 Å². The van der Waals surface area contributed by atoms with Gasteiger partial charge < -0.3 is 5.73 Å². The Balaban J connectivity index is 3.45. The Labute approximate surface area is 74.6 Å². The molecule has 1 aromatic rings. The molecule has 0 aliphatic carbocycles. The summed E-state index contributed by atoms with van der Waals surface area (Å²) in [7, 11) is 0. The molecule has 4 heteroatoms. The van der Waals surface area contributed by atoms with Crippen LogP contribution in [0.5, 0.6) is 0 Å². The first-order valence-electron chi connectivity index (χ1n) is 3.47. The number of rotatable bonds is 2. The molecular formula is C9H6N2O2. The van der Waals surface area contributed by atoms with Gasteiger partial charge >= 0.3 is 0 Å². The van der Waals surface area contributed by atoms with E-state index in [4.69, 9.17) is 11.0 Å². The third-order valence-corrected chi connectivity index (χ3v) is 1.63. The minimum Gasteiger partial charge on any atom is -0.398 e. The van der Waals surface area contributed by atoms with Crippen molar-refractivity contribution in [3.63, 3.8) is 0 Å². The number of hydrogen-bond donors (Lipinski definition) is 1. The van der Waals surface area contributed by atoms with Crippen molar-refractivity contribution in [2.75, 3.05) is 5.73 Å². The number of aldehydes is 2. The number of nitrogens with two attached hydrogens (primary N) is 1. The maximum atomic E-state index is 10.5. The van der Waals surface area contributed by atoms with Gasteiger partial charge in [0.05, 0.1) is 11.3 Å². The molecule has 0 fully saturated rings. The average Bonchev–Trinajstić information content (AvgIpc) is 2.17. The number of nitrogens with zero attached hydrogens (tertiary/aromatic N) is 1. The molecule has 0 unspecified atom stereocenters. The third-order valence-electron chi connectivity index (χ3n) is 1.63. The Bertz CT molecular complexity index is 405. The zero-order valence-corrected chi connectivity index (χ0v) is 6.65. The molecule has 0 aromatic heterocycles. The van der Waals surface area contributed by atoms with E-state index in [-0.39, 0.29) is 22.4 Å². The smallest absolute Gasteiger partial charge is 0.150 e. The van der Waals surface area contributed by atoms with Crippen LogP contribution in [0.15, 0.2) is 12.1 Å². The van der Waals surface area contributed by atoms with Gasteiger partial charge in [0.2, 0.25) is 0 Å². The molecule has 4 nitrogen and oxygen atoms in total. The fourth-order valence-electron chi connectivity index (χ4n) is 0.952. The molecule has 0 saturated heterocycles. The average molecular weight is 174 g/mol. The van der Waals surface area contributed by atoms with E-state index in [9.17, 15) is 9.59 Å². The van der Waals surface area contributed by atoms with E-state index < -0.39 is 0 Å². The number of anilines is 1. The van der Waals surface area contributed by atoms with Gasteiger partial charge in [0.25, 0.3) is 0 Å². The lowest BCUT2D eigenvalue weighted by Gasteiger charge is -2.00. The van der Waals surface area contributed by atoms with Gasteiger partial charge in [-0.3, -0.25) is 9.59 Å². The molecule has 0 aliphatic heterocycles. The van der Waals surface area contributed by atoms with Crippen LogP contribution < -0.4 is 5.73 Å². The van der Waals surface area contributed by atoms with E-state index >= 15 is 0 Å². The van der Waals surface area contributed by atoms with Crippen LogP contribution in [0.25, 0.3) is 0 Å². The monoisotopic (exact) mass is 174 g/mol. The first kappa shape index (κ1) is 8.94. The number of carbonyl (C=O) groups excluding carboxylic acids is 2. The Morgan fingerprint density at radius 3 is 2.23 bits per heavy atom. The summed E-state index contributed by atoms with van der Waals surface area (Å²) in [5, 5.41) is 8.57. The van der Waals surface area contributed by atoms with Crippen molar-refractivity contribution in [3.8, 4) is 6.07 Å². The summed E-state index contributed by atoms with van der Waals surface area (Å²) < 4.78 is 0. The highest BCUT2D eigenvalue weighted by molar-refractivity contribution is 5.92. The summed E-state index contributed by atoms with van der Waals surface area (Å²) in [6, 6.07) is 4.43. The van der Waals surface area contributed by atoms with Crippen molar-refractivity contribution in [1.29, 1.82) is 5.26 Å². The molecule has 2 N–H and O–H groups in total. The van der Waals surface area contributed by atoms with Crippen molar-refractivity contribution in [1.82, 2.24) is 0 Å². The Morgan fingerprint density at radius 1 is 1.23 bits per heavy atom. The Kier molecular flexibility index (Phi) is 2.41. The molecule has 0 aliphatic rings. The Morgan fingerprint density at radius 2 is 1.77 bits per heavy atom. The van der Waals surface area contributed by atoms with Crippen molar-refractivity contribution in [2.24, 2.45) is 0 Å². The van der Waals surface area contributed by atoms with Gasteiger partial charge in [-0.25, -0.2) is 0 Å². The summed E-state index contributed by atoms with van der Waals surface area (Å²) in [6.45, 7) is 0. The molecule has 0 heterocycles. The van der Waals surface area contributed by atoms with Crippen molar-refractivity contribution >= 4 is 18.3 Å². The molecule has 13 heavy (non-hydrogen) atoms. The molecule has 1 rings (SSSR count). The van der Waals surface area contributed by atoms with Crippen LogP contribution in [-0.4, -0.2) is 12.6 Å². The van der Waals surface area contributed by atoms with Crippen LogP contribution >= 0.6 is 0 Å². The SMILES string of the molecule is N#Cc1cc(C=O)c(C=O)cc1N. The number of nitrogen functional groups attached to an aromatic ring is 1. The highest BCUT2D eigenvalue weighted by Gasteiger charge is 2.05. The third kappa shape index (κ3) is 1.54. The second-order valence-electron chi connectivity index (χ2n) is 2.42. The molecule has 0 radical (unpaired) electrons. The maximum Gasteiger partial charge on any atom is 0.150 e. The minimum atomic E-state index is 0.181. The van der Waals surface area contributed by atoms with Crippen LogP contribution in [0.2, 0.25) is 0 Å². The lowest BCUT2D eigenvalue weighted by atomic mass is 10.0. The van der Waals surface area contributed by atoms with Crippen molar-refractivity contribution < 1.29 is 9.59 Å². The molecule has 64 valence electrons. The standard InChI is InChI=1S/C9H6N2O2/c10-3-6-1-7(4-12)8(5-13)2-9(6)11/h1-2,4-5H,11H2. The number of carbonyl (C=O) groups is 2. The van der Waals surface area contributed by atoms with E-state index in [1.807, 2.05) is 6.07 Å². The lowest BCUT2D eigenvalue weighted by molar-refractivity contribution is 0.109. The zero-order chi connectivity index (χ0) is 9.84. The predicted molar refractivity (Wildman–Crippen MR) is 46.3 cm³/mol. The van der Waals surface area contributed by atoms with Gasteiger partial charge in [-0.2, -0.15) is 5.26 Å². The van der Waals surface area contributed by atoms with E-state index in [0.717, 1.165) is 0 Å². The second-order valence-corrected chi connectivity index (χ2v) is 2.42. The van der Waals surface area contributed by atoms with Crippen molar-refractivity contribution in [2.45, 2.75) is 0 Å². The molecular weight excluding hydrogens is 168 g/mol. The predicted octanol–water partition coefficient (Wildman–Crippen LogP) is 0.765. The summed E-state index contributed by atoms with van der Waals surface area (Å²) in [4.78, 5) is 20.9. The van der Waals surface area contributed by atoms with Crippen LogP contribution in [-0.2, 0) is 0 Å². The largest absolute Gasteiger partial charge is 0.398 e. The zero-order valence-electron chi connectivity index (χ0n) is 6.65. The maximum absolute atomic E-state index is 10.5. The van der Waals surface area contributed by atoms with Gasteiger partial charge in [0, 0.05) is 11.1 Å². The second kappa shape index (κ2) is 3.50. The normalized spacial score (nSPS) is 8.85. The van der Waals surface area contributed by atoms with Gasteiger partial charge in [-0.05, 0) is 12.1 Å². The first-order chi connectivity index (χ1) is 6.22. The molecule has 1 aromatic carbocycles. The highest BCUT2D eigenvalue weighted by atomic mass is 16.1. The number of nitriles is 1. The highest BCUT2D eigenvalue weighted by Crippen LogP contribution is 2.15. The van der Waals surface area contributed by atoms with Gasteiger partial charge in [-0.1, -0.05) is 0 Å². The summed E-state index contributed by atoms with van der Waals surface area (Å²) in [5.41, 5.74) is 6.22. The summed E-state index contributed by atoms with van der Waals surface area (Å²) in [6.07, 6.45) is 1.05. The summed E-state index contributed by atoms with van der Waals surface area (Å²) in [5.74, 6) is 0. The number of benzene rings is 1. The van der Waals surface area contributed by atoms with Crippen LogP contribution in [0.3, 0.4) is 0 Å². The molecule has 0 saturated carbocycles. The quantitative estimate of drug-likeness (QED) is 0.530. The minimum absolute atomic E-state index is 0.181. The lowest BCUT2D eigenvalue weighted by Crippen LogP contribution is -1.97. The fraction of sp³-hybridized carbons (Fsp3) is 0. The Hall–Kier alpha value is -2.15. The number of hydrogen-bond acceptors (Lipinski definition) is 4. The van der Waals surface area contributed by atoms with E-state index in [0.29, 0.717) is 12.6 Å². The van der Waals surface area contributed by atoms with Crippen molar-refractivity contribution in [3.05, 3.63) is 28.8 Å². The van der Waals surface area contributed by atoms with E-state index in [1.54, 1.807) is 0 Å². The van der Waals surface area contributed by atoms with Crippen LogP contribution in [0.1, 0.15) is 26.3 Å². The first-order valence-corrected chi connectivity index (χ1v) is 3.47. The van der Waals surface area contributed by atoms with E-state index in [2.05, 4.69) is 0 Å². The molecule has 0 atom stereocenters.